The number of likely N-dealkylation sites (tertiary alicyclic amines) is 2. The molecular formula is C18H35N3O2. The lowest BCUT2D eigenvalue weighted by Crippen LogP contribution is -2.53. The molecule has 5 heteroatoms. The van der Waals surface area contributed by atoms with E-state index in [-0.39, 0.29) is 23.5 Å². The number of nitrogens with zero attached hydrogens (tertiary/aromatic N) is 2. The lowest BCUT2D eigenvalue weighted by Gasteiger charge is -2.42. The van der Waals surface area contributed by atoms with E-state index in [1.165, 1.54) is 0 Å². The van der Waals surface area contributed by atoms with Crippen molar-refractivity contribution < 1.29 is 9.90 Å². The lowest BCUT2D eigenvalue weighted by atomic mass is 9.85. The molecule has 2 aliphatic rings. The maximum atomic E-state index is 12.5. The highest BCUT2D eigenvalue weighted by molar-refractivity contribution is 5.81. The maximum Gasteiger partial charge on any atom is 0.227 e. The fourth-order valence-electron chi connectivity index (χ4n) is 3.87. The van der Waals surface area contributed by atoms with Crippen LogP contribution in [0.2, 0.25) is 0 Å². The van der Waals surface area contributed by atoms with E-state index in [0.717, 1.165) is 51.9 Å². The van der Waals surface area contributed by atoms with Gasteiger partial charge in [0.05, 0.1) is 6.10 Å². The van der Waals surface area contributed by atoms with Gasteiger partial charge in [0.1, 0.15) is 0 Å². The van der Waals surface area contributed by atoms with E-state index < -0.39 is 0 Å². The molecule has 3 N–H and O–H groups in total. The molecule has 0 aliphatic carbocycles. The summed E-state index contributed by atoms with van der Waals surface area (Å²) < 4.78 is 0. The zero-order chi connectivity index (χ0) is 17.2. The molecule has 2 heterocycles. The Morgan fingerprint density at radius 2 is 1.83 bits per heavy atom. The van der Waals surface area contributed by atoms with Gasteiger partial charge in [-0.15, -0.1) is 0 Å². The normalized spacial score (nSPS) is 29.6. The second kappa shape index (κ2) is 7.49. The van der Waals surface area contributed by atoms with Crippen LogP contribution >= 0.6 is 0 Å². The fraction of sp³-hybridized carbons (Fsp3) is 0.944. The summed E-state index contributed by atoms with van der Waals surface area (Å²) in [4.78, 5) is 17.0. The molecule has 0 bridgehead atoms. The second-order valence-corrected chi connectivity index (χ2v) is 8.57. The summed E-state index contributed by atoms with van der Waals surface area (Å²) in [6.45, 7) is 11.7. The van der Waals surface area contributed by atoms with E-state index in [2.05, 4.69) is 11.8 Å². The third-order valence-electron chi connectivity index (χ3n) is 5.49. The summed E-state index contributed by atoms with van der Waals surface area (Å²) in [6, 6.07) is 0.653. The van der Waals surface area contributed by atoms with Gasteiger partial charge in [-0.1, -0.05) is 20.8 Å². The van der Waals surface area contributed by atoms with Crippen LogP contribution in [0.5, 0.6) is 0 Å². The van der Waals surface area contributed by atoms with E-state index in [1.807, 2.05) is 25.7 Å². The van der Waals surface area contributed by atoms with Crippen LogP contribution in [0.4, 0.5) is 0 Å². The number of aliphatic hydroxyl groups excluding tert-OH is 1. The van der Waals surface area contributed by atoms with Gasteiger partial charge in [-0.2, -0.15) is 0 Å². The lowest BCUT2D eigenvalue weighted by molar-refractivity contribution is -0.141. The Balaban J connectivity index is 1.91. The molecule has 3 atom stereocenters. The number of carbonyl (C=O) groups excluding carboxylic acids is 1. The second-order valence-electron chi connectivity index (χ2n) is 8.57. The Bertz CT molecular complexity index is 400. The Kier molecular flexibility index (Phi) is 6.09. The number of aliphatic hydroxyl groups is 1. The average Bonchev–Trinajstić information content (AvgIpc) is 2.48. The monoisotopic (exact) mass is 325 g/mol. The topological polar surface area (TPSA) is 69.8 Å². The van der Waals surface area contributed by atoms with Gasteiger partial charge in [-0.05, 0) is 38.5 Å². The molecule has 2 fully saturated rings. The predicted molar refractivity (Wildman–Crippen MR) is 93.0 cm³/mol. The Hall–Kier alpha value is -0.650. The van der Waals surface area contributed by atoms with Crippen molar-refractivity contribution in [3.63, 3.8) is 0 Å². The van der Waals surface area contributed by atoms with Crippen LogP contribution in [0.25, 0.3) is 0 Å². The number of hydrogen-bond acceptors (Lipinski definition) is 4. The molecule has 0 spiro atoms. The molecule has 2 rings (SSSR count). The maximum absolute atomic E-state index is 12.5. The van der Waals surface area contributed by atoms with Crippen LogP contribution in [0, 0.1) is 11.3 Å². The van der Waals surface area contributed by atoms with Gasteiger partial charge in [0, 0.05) is 43.7 Å². The zero-order valence-electron chi connectivity index (χ0n) is 15.3. The number of carbonyl (C=O) groups is 1. The molecule has 5 nitrogen and oxygen atoms in total. The predicted octanol–water partition coefficient (Wildman–Crippen LogP) is 1.44. The molecule has 1 amide bonds. The first-order valence-corrected chi connectivity index (χ1v) is 9.15. The number of hydrogen-bond donors (Lipinski definition) is 2. The first-order chi connectivity index (χ1) is 10.7. The van der Waals surface area contributed by atoms with Crippen LogP contribution < -0.4 is 5.73 Å². The van der Waals surface area contributed by atoms with Crippen molar-refractivity contribution in [3.05, 3.63) is 0 Å². The third kappa shape index (κ3) is 4.91. The van der Waals surface area contributed by atoms with Crippen LogP contribution in [0.3, 0.4) is 0 Å². The van der Waals surface area contributed by atoms with Gasteiger partial charge in [0.15, 0.2) is 0 Å². The van der Waals surface area contributed by atoms with E-state index in [4.69, 9.17) is 5.73 Å². The molecule has 0 saturated carbocycles. The van der Waals surface area contributed by atoms with E-state index in [0.29, 0.717) is 12.0 Å². The van der Waals surface area contributed by atoms with E-state index in [9.17, 15) is 9.90 Å². The van der Waals surface area contributed by atoms with E-state index in [1.54, 1.807) is 0 Å². The molecule has 3 unspecified atom stereocenters. The molecule has 2 saturated heterocycles. The highest BCUT2D eigenvalue weighted by Gasteiger charge is 2.35. The Labute approximate surface area is 141 Å². The van der Waals surface area contributed by atoms with Crippen molar-refractivity contribution in [1.29, 1.82) is 0 Å². The first-order valence-electron chi connectivity index (χ1n) is 9.15. The number of amides is 1. The molecule has 0 aromatic rings. The summed E-state index contributed by atoms with van der Waals surface area (Å²) >= 11 is 0. The molecule has 23 heavy (non-hydrogen) atoms. The standard InChI is InChI=1S/C18H35N3O2/c1-13(20-8-5-15(22)6-9-20)11-14-12-21(10-7-16(14)19)17(23)18(2,3)4/h13-16,22H,5-12,19H2,1-4H3. The first kappa shape index (κ1) is 18.7. The van der Waals surface area contributed by atoms with Gasteiger partial charge < -0.3 is 20.6 Å². The number of nitrogens with two attached hydrogens (primary N) is 1. The highest BCUT2D eigenvalue weighted by Crippen LogP contribution is 2.27. The van der Waals surface area contributed by atoms with Gasteiger partial charge in [-0.3, -0.25) is 4.79 Å². The third-order valence-corrected chi connectivity index (χ3v) is 5.49. The Morgan fingerprint density at radius 1 is 1.22 bits per heavy atom. The van der Waals surface area contributed by atoms with Crippen molar-refractivity contribution in [2.75, 3.05) is 26.2 Å². The Morgan fingerprint density at radius 3 is 2.39 bits per heavy atom. The summed E-state index contributed by atoms with van der Waals surface area (Å²) in [5.41, 5.74) is 6.03. The molecule has 2 aliphatic heterocycles. The van der Waals surface area contributed by atoms with E-state index >= 15 is 0 Å². The van der Waals surface area contributed by atoms with Crippen molar-refractivity contribution in [3.8, 4) is 0 Å². The summed E-state index contributed by atoms with van der Waals surface area (Å²) in [6.07, 6.45) is 3.55. The van der Waals surface area contributed by atoms with Crippen LogP contribution in [0.1, 0.15) is 53.4 Å². The minimum Gasteiger partial charge on any atom is -0.393 e. The van der Waals surface area contributed by atoms with Gasteiger partial charge in [0.25, 0.3) is 0 Å². The number of rotatable bonds is 3. The van der Waals surface area contributed by atoms with Crippen molar-refractivity contribution in [2.45, 2.75) is 71.6 Å². The van der Waals surface area contributed by atoms with Gasteiger partial charge in [0.2, 0.25) is 5.91 Å². The van der Waals surface area contributed by atoms with Crippen molar-refractivity contribution in [1.82, 2.24) is 9.80 Å². The average molecular weight is 325 g/mol. The van der Waals surface area contributed by atoms with Crippen molar-refractivity contribution >= 4 is 5.91 Å². The van der Waals surface area contributed by atoms with Gasteiger partial charge >= 0.3 is 0 Å². The number of piperidine rings is 2. The molecular weight excluding hydrogens is 290 g/mol. The molecule has 134 valence electrons. The summed E-state index contributed by atoms with van der Waals surface area (Å²) in [7, 11) is 0. The van der Waals surface area contributed by atoms with Crippen LogP contribution in [-0.2, 0) is 4.79 Å². The minimum absolute atomic E-state index is 0.129. The molecule has 0 aromatic heterocycles. The smallest absolute Gasteiger partial charge is 0.227 e. The summed E-state index contributed by atoms with van der Waals surface area (Å²) in [5, 5.41) is 9.65. The van der Waals surface area contributed by atoms with Crippen LogP contribution in [0.15, 0.2) is 0 Å². The fourth-order valence-corrected chi connectivity index (χ4v) is 3.87. The highest BCUT2D eigenvalue weighted by atomic mass is 16.3. The molecule has 0 radical (unpaired) electrons. The van der Waals surface area contributed by atoms with Crippen LogP contribution in [-0.4, -0.2) is 65.2 Å². The SMILES string of the molecule is CC(CC1CN(C(=O)C(C)(C)C)CCC1N)N1CCC(O)CC1. The van der Waals surface area contributed by atoms with Crippen molar-refractivity contribution in [2.24, 2.45) is 17.1 Å². The van der Waals surface area contributed by atoms with Gasteiger partial charge in [-0.25, -0.2) is 0 Å². The quantitative estimate of drug-likeness (QED) is 0.824. The zero-order valence-corrected chi connectivity index (χ0v) is 15.3. The minimum atomic E-state index is -0.319. The largest absolute Gasteiger partial charge is 0.393 e. The summed E-state index contributed by atoms with van der Waals surface area (Å²) in [5.74, 6) is 0.611. The molecule has 0 aromatic carbocycles.